The van der Waals surface area contributed by atoms with E-state index in [1.54, 1.807) is 18.3 Å². The monoisotopic (exact) mass is 431 g/mol. The number of nitrogens with one attached hydrogen (secondary N) is 1. The number of likely N-dealkylation sites (tertiary alicyclic amines) is 1. The highest BCUT2D eigenvalue weighted by atomic mass is 19.1. The minimum atomic E-state index is -0.249. The Balaban J connectivity index is 1.22. The molecule has 0 spiro atoms. The summed E-state index contributed by atoms with van der Waals surface area (Å²) < 4.78 is 15.3. The zero-order valence-electron chi connectivity index (χ0n) is 18.0. The second-order valence-electron chi connectivity index (χ2n) is 8.72. The average Bonchev–Trinajstić information content (AvgIpc) is 3.54. The highest BCUT2D eigenvalue weighted by Gasteiger charge is 2.32. The zero-order valence-corrected chi connectivity index (χ0v) is 18.0. The van der Waals surface area contributed by atoms with Crippen molar-refractivity contribution in [3.05, 3.63) is 72.6 Å². The van der Waals surface area contributed by atoms with E-state index in [0.717, 1.165) is 47.2 Å². The third-order valence-corrected chi connectivity index (χ3v) is 6.41. The Labute approximate surface area is 186 Å². The predicted octanol–water partition coefficient (Wildman–Crippen LogP) is 4.44. The van der Waals surface area contributed by atoms with Gasteiger partial charge in [0, 0.05) is 60.7 Å². The first kappa shape index (κ1) is 20.4. The van der Waals surface area contributed by atoms with Crippen LogP contribution in [0.2, 0.25) is 0 Å². The zero-order chi connectivity index (χ0) is 22.1. The summed E-state index contributed by atoms with van der Waals surface area (Å²) in [5.74, 6) is 0.316. The van der Waals surface area contributed by atoms with Gasteiger partial charge in [0.05, 0.1) is 6.20 Å². The highest BCUT2D eigenvalue weighted by molar-refractivity contribution is 5.81. The molecule has 1 aliphatic heterocycles. The third kappa shape index (κ3) is 4.15. The van der Waals surface area contributed by atoms with Crippen LogP contribution < -0.4 is 0 Å². The number of amides is 1. The van der Waals surface area contributed by atoms with E-state index in [1.165, 1.54) is 12.1 Å². The predicted molar refractivity (Wildman–Crippen MR) is 121 cm³/mol. The first-order chi connectivity index (χ1) is 15.6. The summed E-state index contributed by atoms with van der Waals surface area (Å²) in [5, 5.41) is 7.95. The number of benzene rings is 1. The Bertz CT molecular complexity index is 1220. The number of carbonyl (C=O) groups is 1. The van der Waals surface area contributed by atoms with Crippen molar-refractivity contribution in [3.63, 3.8) is 0 Å². The summed E-state index contributed by atoms with van der Waals surface area (Å²) in [6, 6.07) is 10.8. The summed E-state index contributed by atoms with van der Waals surface area (Å²) in [5.41, 5.74) is 4.01. The molecule has 0 bridgehead atoms. The van der Waals surface area contributed by atoms with Gasteiger partial charge in [0.15, 0.2) is 0 Å². The highest BCUT2D eigenvalue weighted by Crippen LogP contribution is 2.28. The van der Waals surface area contributed by atoms with Gasteiger partial charge in [-0.25, -0.2) is 9.37 Å². The number of hydrogen-bond acceptors (Lipinski definition) is 3. The topological polar surface area (TPSA) is 66.8 Å². The Morgan fingerprint density at radius 1 is 1.19 bits per heavy atom. The van der Waals surface area contributed by atoms with Crippen LogP contribution in [0.4, 0.5) is 4.39 Å². The fraction of sp³-hybridized carbons (Fsp3) is 0.320. The second-order valence-corrected chi connectivity index (χ2v) is 8.72. The van der Waals surface area contributed by atoms with Crippen molar-refractivity contribution < 1.29 is 9.18 Å². The van der Waals surface area contributed by atoms with Crippen molar-refractivity contribution in [1.82, 2.24) is 24.6 Å². The molecule has 6 nitrogen and oxygen atoms in total. The van der Waals surface area contributed by atoms with Gasteiger partial charge in [0.2, 0.25) is 5.91 Å². The van der Waals surface area contributed by atoms with Gasteiger partial charge in [-0.1, -0.05) is 12.1 Å². The van der Waals surface area contributed by atoms with Gasteiger partial charge in [-0.05, 0) is 55.5 Å². The molecule has 1 saturated heterocycles. The fourth-order valence-electron chi connectivity index (χ4n) is 4.74. The molecule has 2 atom stereocenters. The van der Waals surface area contributed by atoms with Gasteiger partial charge >= 0.3 is 0 Å². The van der Waals surface area contributed by atoms with Crippen LogP contribution >= 0.6 is 0 Å². The van der Waals surface area contributed by atoms with E-state index in [0.29, 0.717) is 18.8 Å². The normalized spacial score (nSPS) is 18.5. The number of rotatable bonds is 6. The number of carbonyl (C=O) groups excluding carboxylic acids is 1. The van der Waals surface area contributed by atoms with Gasteiger partial charge in [-0.3, -0.25) is 9.89 Å². The fourth-order valence-corrected chi connectivity index (χ4v) is 4.74. The van der Waals surface area contributed by atoms with Crippen molar-refractivity contribution in [2.24, 2.45) is 5.92 Å². The molecule has 1 amide bonds. The Kier molecular flexibility index (Phi) is 5.47. The van der Waals surface area contributed by atoms with Crippen LogP contribution in [0.25, 0.3) is 22.2 Å². The van der Waals surface area contributed by atoms with Crippen LogP contribution in [0.15, 0.2) is 61.2 Å². The largest absolute Gasteiger partial charge is 0.340 e. The number of halogens is 1. The summed E-state index contributed by atoms with van der Waals surface area (Å²) >= 11 is 0. The van der Waals surface area contributed by atoms with Gasteiger partial charge in [-0.15, -0.1) is 0 Å². The molecule has 1 aliphatic rings. The summed E-state index contributed by atoms with van der Waals surface area (Å²) in [4.78, 5) is 19.5. The molecular weight excluding hydrogens is 405 g/mol. The molecule has 3 aromatic heterocycles. The van der Waals surface area contributed by atoms with Crippen LogP contribution in [0, 0.1) is 11.7 Å². The van der Waals surface area contributed by atoms with Gasteiger partial charge in [-0.2, -0.15) is 5.10 Å². The van der Waals surface area contributed by atoms with Gasteiger partial charge in [0.25, 0.3) is 0 Å². The van der Waals surface area contributed by atoms with E-state index in [4.69, 9.17) is 4.98 Å². The number of pyridine rings is 1. The molecule has 0 saturated carbocycles. The molecule has 164 valence electrons. The van der Waals surface area contributed by atoms with Gasteiger partial charge in [0.1, 0.15) is 11.5 Å². The lowest BCUT2D eigenvalue weighted by Crippen LogP contribution is -2.34. The van der Waals surface area contributed by atoms with Crippen LogP contribution in [0.5, 0.6) is 0 Å². The molecule has 0 radical (unpaired) electrons. The van der Waals surface area contributed by atoms with Gasteiger partial charge < -0.3 is 9.47 Å². The molecule has 1 N–H and O–H groups in total. The quantitative estimate of drug-likeness (QED) is 0.491. The minimum Gasteiger partial charge on any atom is -0.340 e. The number of aromatic nitrogens is 4. The smallest absolute Gasteiger partial charge is 0.223 e. The van der Waals surface area contributed by atoms with Crippen molar-refractivity contribution >= 4 is 16.9 Å². The molecule has 1 fully saturated rings. The van der Waals surface area contributed by atoms with E-state index < -0.39 is 0 Å². The maximum Gasteiger partial charge on any atom is 0.223 e. The Hall–Kier alpha value is -3.48. The lowest BCUT2D eigenvalue weighted by molar-refractivity contribution is -0.131. The van der Waals surface area contributed by atoms with E-state index in [9.17, 15) is 9.18 Å². The van der Waals surface area contributed by atoms with Crippen molar-refractivity contribution in [2.45, 2.75) is 38.8 Å². The first-order valence-electron chi connectivity index (χ1n) is 11.0. The number of fused-ring (bicyclic) bond motifs is 1. The number of nitrogens with zero attached hydrogens (tertiary/aromatic N) is 4. The summed E-state index contributed by atoms with van der Waals surface area (Å²) in [6.07, 6.45) is 9.69. The Morgan fingerprint density at radius 3 is 2.81 bits per heavy atom. The molecule has 32 heavy (non-hydrogen) atoms. The average molecular weight is 432 g/mol. The molecule has 5 rings (SSSR count). The summed E-state index contributed by atoms with van der Waals surface area (Å²) in [6.45, 7) is 3.73. The lowest BCUT2D eigenvalue weighted by Gasteiger charge is -2.21. The molecule has 4 aromatic rings. The van der Waals surface area contributed by atoms with Crippen molar-refractivity contribution in [2.75, 3.05) is 6.54 Å². The molecule has 1 unspecified atom stereocenters. The third-order valence-electron chi connectivity index (χ3n) is 6.41. The maximum atomic E-state index is 13.1. The summed E-state index contributed by atoms with van der Waals surface area (Å²) in [7, 11) is 0. The maximum absolute atomic E-state index is 13.1. The molecule has 0 aliphatic carbocycles. The molecule has 4 heterocycles. The first-order valence-corrected chi connectivity index (χ1v) is 11.0. The van der Waals surface area contributed by atoms with Crippen LogP contribution in [-0.2, 0) is 17.8 Å². The van der Waals surface area contributed by atoms with E-state index in [1.807, 2.05) is 17.3 Å². The Morgan fingerprint density at radius 2 is 2.03 bits per heavy atom. The minimum absolute atomic E-state index is 0.171. The van der Waals surface area contributed by atoms with Crippen molar-refractivity contribution in [1.29, 1.82) is 0 Å². The molecule has 1 aromatic carbocycles. The van der Waals surface area contributed by atoms with E-state index in [-0.39, 0.29) is 17.8 Å². The van der Waals surface area contributed by atoms with E-state index in [2.05, 4.69) is 40.0 Å². The van der Waals surface area contributed by atoms with Crippen LogP contribution in [0.3, 0.4) is 0 Å². The molecule has 7 heteroatoms. The number of H-pyrrole nitrogens is 1. The second kappa shape index (κ2) is 8.57. The van der Waals surface area contributed by atoms with Crippen LogP contribution in [-0.4, -0.2) is 43.1 Å². The standard InChI is InChI=1S/C25H26FN5O/c1-17-10-19(16-31(17)24(32)7-4-18-2-5-23(26)6-3-18)15-30-9-8-20-11-21(12-27-25(20)30)22-13-28-29-14-22/h2-3,5-6,8-9,11-14,17,19H,4,7,10,15-16H2,1H3,(H,28,29)/t17-,19?/m0/s1. The van der Waals surface area contributed by atoms with E-state index >= 15 is 0 Å². The number of aromatic amines is 1. The van der Waals surface area contributed by atoms with Crippen molar-refractivity contribution in [3.8, 4) is 11.1 Å². The SMILES string of the molecule is C[C@H]1CC(Cn2ccc3cc(-c4cn[nH]c4)cnc32)CN1C(=O)CCc1ccc(F)cc1. The lowest BCUT2D eigenvalue weighted by atomic mass is 10.1. The van der Waals surface area contributed by atoms with Crippen LogP contribution in [0.1, 0.15) is 25.3 Å². The number of hydrogen-bond donors (Lipinski definition) is 1. The molecular formula is C25H26FN5O. The number of aryl methyl sites for hydroxylation is 1.